The second kappa shape index (κ2) is 7.75. The highest BCUT2D eigenvalue weighted by Crippen LogP contribution is 2.23. The second-order valence-corrected chi connectivity index (χ2v) is 7.37. The molecule has 2 heterocycles. The second-order valence-electron chi connectivity index (χ2n) is 6.97. The Balaban J connectivity index is 2.00. The lowest BCUT2D eigenvalue weighted by Crippen LogP contribution is -2.32. The number of hydrogen-bond donors (Lipinski definition) is 0. The molecule has 6 nitrogen and oxygen atoms in total. The Kier molecular flexibility index (Phi) is 5.56. The van der Waals surface area contributed by atoms with Crippen LogP contribution in [0.5, 0.6) is 0 Å². The summed E-state index contributed by atoms with van der Waals surface area (Å²) in [6, 6.07) is 6.15. The van der Waals surface area contributed by atoms with Crippen LogP contribution in [0.1, 0.15) is 38.7 Å². The van der Waals surface area contributed by atoms with Crippen LogP contribution in [0.2, 0.25) is 5.02 Å². The predicted molar refractivity (Wildman–Crippen MR) is 106 cm³/mol. The highest BCUT2D eigenvalue weighted by atomic mass is 35.5. The van der Waals surface area contributed by atoms with E-state index in [9.17, 15) is 9.18 Å². The minimum Gasteiger partial charge on any atom is -0.328 e. The molecule has 2 aromatic heterocycles. The van der Waals surface area contributed by atoms with Gasteiger partial charge in [0, 0.05) is 31.4 Å². The number of aromatic nitrogens is 4. The molecule has 0 aliphatic carbocycles. The van der Waals surface area contributed by atoms with Crippen molar-refractivity contribution in [3.8, 4) is 0 Å². The summed E-state index contributed by atoms with van der Waals surface area (Å²) in [5.74, 6) is -0.560. The van der Waals surface area contributed by atoms with Gasteiger partial charge >= 0.3 is 0 Å². The maximum absolute atomic E-state index is 13.4. The third-order valence-corrected chi connectivity index (χ3v) is 5.19. The Labute approximate surface area is 168 Å². The molecule has 0 saturated carbocycles. The molecule has 3 aromatic rings. The lowest BCUT2D eigenvalue weighted by molar-refractivity contribution is 0.0724. The average molecular weight is 404 g/mol. The summed E-state index contributed by atoms with van der Waals surface area (Å²) in [7, 11) is 3.65. The number of halogens is 2. The lowest BCUT2D eigenvalue weighted by Gasteiger charge is -2.24. The fraction of sp³-hybridized carbons (Fsp3) is 0.350. The molecule has 28 heavy (non-hydrogen) atoms. The van der Waals surface area contributed by atoms with Crippen LogP contribution in [0.3, 0.4) is 0 Å². The lowest BCUT2D eigenvalue weighted by atomic mass is 10.1. The molecule has 0 radical (unpaired) electrons. The standard InChI is InChI=1S/C20H23ClFN5O/c1-12-8-17(26(5)23-12)11-27(10-15-6-7-16(22)9-18(15)21)20(28)19-13(2)24-25(4)14(19)3/h6-9H,10-11H2,1-5H3. The van der Waals surface area contributed by atoms with Crippen LogP contribution in [0.25, 0.3) is 0 Å². The van der Waals surface area contributed by atoms with Gasteiger partial charge in [-0.1, -0.05) is 17.7 Å². The third-order valence-electron chi connectivity index (χ3n) is 4.84. The molecular weight excluding hydrogens is 381 g/mol. The van der Waals surface area contributed by atoms with E-state index >= 15 is 0 Å². The SMILES string of the molecule is Cc1cc(CN(Cc2ccc(F)cc2Cl)C(=O)c2c(C)nn(C)c2C)n(C)n1. The fourth-order valence-corrected chi connectivity index (χ4v) is 3.53. The minimum atomic E-state index is -0.409. The number of nitrogens with zero attached hydrogens (tertiary/aromatic N) is 5. The van der Waals surface area contributed by atoms with Crippen LogP contribution in [-0.4, -0.2) is 30.4 Å². The smallest absolute Gasteiger partial charge is 0.258 e. The average Bonchev–Trinajstić information content (AvgIpc) is 3.06. The molecule has 148 valence electrons. The molecule has 3 rings (SSSR count). The van der Waals surface area contributed by atoms with Crippen molar-refractivity contribution in [3.05, 3.63) is 69.0 Å². The van der Waals surface area contributed by atoms with Crippen LogP contribution in [0.4, 0.5) is 4.39 Å². The Morgan fingerprint density at radius 1 is 1.11 bits per heavy atom. The van der Waals surface area contributed by atoms with Gasteiger partial charge in [0.15, 0.2) is 0 Å². The molecule has 0 fully saturated rings. The van der Waals surface area contributed by atoms with Gasteiger partial charge in [-0.15, -0.1) is 0 Å². The van der Waals surface area contributed by atoms with Crippen LogP contribution >= 0.6 is 11.6 Å². The molecule has 1 amide bonds. The van der Waals surface area contributed by atoms with Crippen LogP contribution in [0, 0.1) is 26.6 Å². The van der Waals surface area contributed by atoms with E-state index in [1.807, 2.05) is 40.9 Å². The van der Waals surface area contributed by atoms with Gasteiger partial charge in [0.25, 0.3) is 5.91 Å². The van der Waals surface area contributed by atoms with E-state index in [0.717, 1.165) is 17.1 Å². The first-order valence-corrected chi connectivity index (χ1v) is 9.28. The summed E-state index contributed by atoms with van der Waals surface area (Å²) in [4.78, 5) is 15.1. The van der Waals surface area contributed by atoms with Crippen molar-refractivity contribution in [2.45, 2.75) is 33.9 Å². The van der Waals surface area contributed by atoms with Crippen LogP contribution < -0.4 is 0 Å². The molecule has 0 bridgehead atoms. The van der Waals surface area contributed by atoms with Crippen molar-refractivity contribution in [1.29, 1.82) is 0 Å². The van der Waals surface area contributed by atoms with Gasteiger partial charge in [0.1, 0.15) is 5.82 Å². The first kappa shape index (κ1) is 20.1. The summed E-state index contributed by atoms with van der Waals surface area (Å²) in [5.41, 5.74) is 4.47. The Hall–Kier alpha value is -2.67. The number of rotatable bonds is 5. The van der Waals surface area contributed by atoms with Crippen molar-refractivity contribution in [1.82, 2.24) is 24.5 Å². The molecular formula is C20H23ClFN5O. The molecule has 0 aliphatic heterocycles. The van der Waals surface area contributed by atoms with E-state index in [1.54, 1.807) is 20.3 Å². The van der Waals surface area contributed by atoms with Gasteiger partial charge in [-0.3, -0.25) is 14.2 Å². The molecule has 1 aromatic carbocycles. The third kappa shape index (κ3) is 3.94. The maximum Gasteiger partial charge on any atom is 0.258 e. The quantitative estimate of drug-likeness (QED) is 0.652. The zero-order valence-corrected chi connectivity index (χ0v) is 17.4. The minimum absolute atomic E-state index is 0.151. The van der Waals surface area contributed by atoms with Crippen molar-refractivity contribution < 1.29 is 9.18 Å². The van der Waals surface area contributed by atoms with Crippen LogP contribution in [0.15, 0.2) is 24.3 Å². The van der Waals surface area contributed by atoms with Crippen molar-refractivity contribution >= 4 is 17.5 Å². The zero-order chi connectivity index (χ0) is 20.6. The van der Waals surface area contributed by atoms with Gasteiger partial charge in [0.05, 0.1) is 29.2 Å². The fourth-order valence-electron chi connectivity index (χ4n) is 3.30. The molecule has 0 N–H and O–H groups in total. The maximum atomic E-state index is 13.4. The van der Waals surface area contributed by atoms with E-state index < -0.39 is 5.82 Å². The first-order valence-electron chi connectivity index (χ1n) is 8.90. The highest BCUT2D eigenvalue weighted by molar-refractivity contribution is 6.31. The van der Waals surface area contributed by atoms with Crippen LogP contribution in [-0.2, 0) is 27.2 Å². The molecule has 8 heteroatoms. The summed E-state index contributed by atoms with van der Waals surface area (Å²) in [5, 5.41) is 9.00. The number of amides is 1. The van der Waals surface area contributed by atoms with Gasteiger partial charge in [0.2, 0.25) is 0 Å². The number of benzene rings is 1. The molecule has 0 unspecified atom stereocenters. The summed E-state index contributed by atoms with van der Waals surface area (Å²) in [6.45, 7) is 6.18. The molecule has 0 spiro atoms. The summed E-state index contributed by atoms with van der Waals surface area (Å²) in [6.07, 6.45) is 0. The van der Waals surface area contributed by atoms with E-state index in [2.05, 4.69) is 10.2 Å². The Morgan fingerprint density at radius 2 is 1.82 bits per heavy atom. The predicted octanol–water partition coefficient (Wildman–Crippen LogP) is 3.71. The monoisotopic (exact) mass is 403 g/mol. The number of aryl methyl sites for hydroxylation is 4. The van der Waals surface area contributed by atoms with E-state index in [-0.39, 0.29) is 12.5 Å². The molecule has 0 saturated heterocycles. The van der Waals surface area contributed by atoms with Gasteiger partial charge in [-0.05, 0) is 44.5 Å². The van der Waals surface area contributed by atoms with Crippen molar-refractivity contribution in [2.75, 3.05) is 0 Å². The van der Waals surface area contributed by atoms with E-state index in [4.69, 9.17) is 11.6 Å². The van der Waals surface area contributed by atoms with E-state index in [0.29, 0.717) is 28.4 Å². The largest absolute Gasteiger partial charge is 0.328 e. The van der Waals surface area contributed by atoms with Crippen molar-refractivity contribution in [3.63, 3.8) is 0 Å². The van der Waals surface area contributed by atoms with Gasteiger partial charge < -0.3 is 4.90 Å². The topological polar surface area (TPSA) is 56.0 Å². The molecule has 0 aliphatic rings. The summed E-state index contributed by atoms with van der Waals surface area (Å²) < 4.78 is 16.9. The van der Waals surface area contributed by atoms with Gasteiger partial charge in [-0.2, -0.15) is 10.2 Å². The zero-order valence-electron chi connectivity index (χ0n) is 16.6. The van der Waals surface area contributed by atoms with E-state index in [1.165, 1.54) is 12.1 Å². The normalized spacial score (nSPS) is 11.1. The molecule has 0 atom stereocenters. The Bertz CT molecular complexity index is 1040. The number of hydrogen-bond acceptors (Lipinski definition) is 3. The highest BCUT2D eigenvalue weighted by Gasteiger charge is 2.25. The first-order chi connectivity index (χ1) is 13.2. The van der Waals surface area contributed by atoms with Gasteiger partial charge in [-0.25, -0.2) is 4.39 Å². The Morgan fingerprint density at radius 3 is 2.36 bits per heavy atom. The number of carbonyl (C=O) groups is 1. The number of carbonyl (C=O) groups excluding carboxylic acids is 1. The summed E-state index contributed by atoms with van der Waals surface area (Å²) >= 11 is 6.22. The van der Waals surface area contributed by atoms with Crippen molar-refractivity contribution in [2.24, 2.45) is 14.1 Å².